The van der Waals surface area contributed by atoms with Crippen LogP contribution in [0, 0.1) is 0 Å². The lowest BCUT2D eigenvalue weighted by atomic mass is 10.1. The smallest absolute Gasteiger partial charge is 0.243 e. The van der Waals surface area contributed by atoms with E-state index in [4.69, 9.17) is 0 Å². The maximum atomic E-state index is 13.2. The van der Waals surface area contributed by atoms with Crippen LogP contribution in [0.25, 0.3) is 10.8 Å². The van der Waals surface area contributed by atoms with Crippen molar-refractivity contribution in [3.8, 4) is 0 Å². The molecule has 3 aromatic carbocycles. The minimum Gasteiger partial charge on any atom is -0.325 e. The Kier molecular flexibility index (Phi) is 6.60. The molecule has 1 aliphatic heterocycles. The van der Waals surface area contributed by atoms with Crippen LogP contribution in [0.1, 0.15) is 24.2 Å². The van der Waals surface area contributed by atoms with E-state index in [1.54, 1.807) is 36.4 Å². The van der Waals surface area contributed by atoms with E-state index in [0.29, 0.717) is 37.4 Å². The van der Waals surface area contributed by atoms with Gasteiger partial charge < -0.3 is 5.32 Å². The number of fused-ring (bicyclic) bond motifs is 1. The highest BCUT2D eigenvalue weighted by Crippen LogP contribution is 2.23. The molecule has 0 saturated carbocycles. The zero-order valence-corrected chi connectivity index (χ0v) is 19.5. The minimum absolute atomic E-state index is 0.0299. The topological polar surface area (TPSA) is 86.8 Å². The van der Waals surface area contributed by atoms with Gasteiger partial charge in [-0.05, 0) is 61.0 Å². The number of benzene rings is 3. The van der Waals surface area contributed by atoms with Crippen molar-refractivity contribution < 1.29 is 18.0 Å². The van der Waals surface area contributed by atoms with Gasteiger partial charge in [0.1, 0.15) is 0 Å². The van der Waals surface area contributed by atoms with Crippen LogP contribution in [-0.4, -0.2) is 61.5 Å². The quantitative estimate of drug-likeness (QED) is 0.564. The number of piperazine rings is 1. The first-order chi connectivity index (χ1) is 15.8. The van der Waals surface area contributed by atoms with E-state index in [9.17, 15) is 18.0 Å². The van der Waals surface area contributed by atoms with E-state index in [1.165, 1.54) is 11.2 Å². The van der Waals surface area contributed by atoms with Gasteiger partial charge in [-0.1, -0.05) is 30.3 Å². The van der Waals surface area contributed by atoms with Gasteiger partial charge in [-0.3, -0.25) is 14.5 Å². The first kappa shape index (κ1) is 23.1. The Labute approximate surface area is 194 Å². The molecule has 0 aliphatic carbocycles. The van der Waals surface area contributed by atoms with Crippen LogP contribution in [0.2, 0.25) is 0 Å². The number of amides is 1. The second kappa shape index (κ2) is 9.43. The first-order valence-corrected chi connectivity index (χ1v) is 12.3. The summed E-state index contributed by atoms with van der Waals surface area (Å²) in [5.41, 5.74) is 1.21. The molecule has 8 heteroatoms. The molecule has 7 nitrogen and oxygen atoms in total. The summed E-state index contributed by atoms with van der Waals surface area (Å²) in [5.74, 6) is -0.200. The van der Waals surface area contributed by atoms with Gasteiger partial charge >= 0.3 is 0 Å². The van der Waals surface area contributed by atoms with Crippen LogP contribution in [0.5, 0.6) is 0 Å². The molecule has 1 atom stereocenters. The van der Waals surface area contributed by atoms with E-state index in [1.807, 2.05) is 42.2 Å². The highest BCUT2D eigenvalue weighted by atomic mass is 32.2. The third-order valence-electron chi connectivity index (χ3n) is 6.12. The zero-order chi connectivity index (χ0) is 23.6. The standard InChI is InChI=1S/C25H27N3O4S/c1-18(25(30)26-23-10-7-20(8-11-23)19(2)29)27-13-15-28(16-14-27)33(31,32)24-12-9-21-5-3-4-6-22(21)17-24/h3-12,17-18H,13-16H2,1-2H3,(H,26,30). The van der Waals surface area contributed by atoms with E-state index in [2.05, 4.69) is 5.32 Å². The van der Waals surface area contributed by atoms with Crippen molar-refractivity contribution >= 4 is 38.2 Å². The van der Waals surface area contributed by atoms with E-state index in [0.717, 1.165) is 10.8 Å². The number of sulfonamides is 1. The fraction of sp³-hybridized carbons (Fsp3) is 0.280. The molecule has 1 unspecified atom stereocenters. The summed E-state index contributed by atoms with van der Waals surface area (Å²) in [6.07, 6.45) is 0. The van der Waals surface area contributed by atoms with Gasteiger partial charge in [0.15, 0.2) is 5.78 Å². The Morgan fingerprint density at radius 3 is 2.15 bits per heavy atom. The molecule has 172 valence electrons. The van der Waals surface area contributed by atoms with Gasteiger partial charge in [0.2, 0.25) is 15.9 Å². The molecule has 0 aromatic heterocycles. The lowest BCUT2D eigenvalue weighted by Crippen LogP contribution is -2.53. The lowest BCUT2D eigenvalue weighted by molar-refractivity contribution is -0.121. The minimum atomic E-state index is -3.60. The van der Waals surface area contributed by atoms with Crippen LogP contribution in [0.15, 0.2) is 71.6 Å². The van der Waals surface area contributed by atoms with Crippen molar-refractivity contribution in [2.75, 3.05) is 31.5 Å². The van der Waals surface area contributed by atoms with Crippen molar-refractivity contribution in [2.45, 2.75) is 24.8 Å². The third kappa shape index (κ3) is 4.98. The molecule has 3 aromatic rings. The van der Waals surface area contributed by atoms with Gasteiger partial charge in [0, 0.05) is 37.4 Å². The molecular formula is C25H27N3O4S. The number of ketones is 1. The summed E-state index contributed by atoms with van der Waals surface area (Å²) >= 11 is 0. The fourth-order valence-corrected chi connectivity index (χ4v) is 5.47. The fourth-order valence-electron chi connectivity index (χ4n) is 4.01. The Bertz CT molecular complexity index is 1280. The van der Waals surface area contributed by atoms with Crippen molar-refractivity contribution in [1.82, 2.24) is 9.21 Å². The normalized spacial score (nSPS) is 16.4. The second-order valence-corrected chi connectivity index (χ2v) is 10.2. The number of hydrogen-bond donors (Lipinski definition) is 1. The lowest BCUT2D eigenvalue weighted by Gasteiger charge is -2.36. The molecule has 1 aliphatic rings. The van der Waals surface area contributed by atoms with Crippen LogP contribution in [-0.2, 0) is 14.8 Å². The number of nitrogens with zero attached hydrogens (tertiary/aromatic N) is 2. The van der Waals surface area contributed by atoms with E-state index in [-0.39, 0.29) is 16.6 Å². The highest BCUT2D eigenvalue weighted by Gasteiger charge is 2.32. The third-order valence-corrected chi connectivity index (χ3v) is 8.01. The molecule has 1 fully saturated rings. The average molecular weight is 466 g/mol. The number of hydrogen-bond acceptors (Lipinski definition) is 5. The maximum absolute atomic E-state index is 13.2. The Morgan fingerprint density at radius 1 is 0.879 bits per heavy atom. The van der Waals surface area contributed by atoms with Crippen LogP contribution in [0.4, 0.5) is 5.69 Å². The number of carbonyl (C=O) groups is 2. The molecule has 0 radical (unpaired) electrons. The Balaban J connectivity index is 1.37. The molecule has 1 saturated heterocycles. The summed E-state index contributed by atoms with van der Waals surface area (Å²) in [5, 5.41) is 4.75. The van der Waals surface area contributed by atoms with Crippen LogP contribution < -0.4 is 5.32 Å². The largest absolute Gasteiger partial charge is 0.325 e. The number of nitrogens with one attached hydrogen (secondary N) is 1. The van der Waals surface area contributed by atoms with Gasteiger partial charge in [-0.2, -0.15) is 4.31 Å². The second-order valence-electron chi connectivity index (χ2n) is 8.25. The summed E-state index contributed by atoms with van der Waals surface area (Å²) in [7, 11) is -3.60. The van der Waals surface area contributed by atoms with Crippen LogP contribution in [0.3, 0.4) is 0 Å². The van der Waals surface area contributed by atoms with Crippen molar-refractivity contribution in [2.24, 2.45) is 0 Å². The van der Waals surface area contributed by atoms with Crippen molar-refractivity contribution in [3.63, 3.8) is 0 Å². The summed E-state index contributed by atoms with van der Waals surface area (Å²) < 4.78 is 27.8. The Morgan fingerprint density at radius 2 is 1.52 bits per heavy atom. The molecule has 1 amide bonds. The summed E-state index contributed by atoms with van der Waals surface area (Å²) in [4.78, 5) is 26.4. The maximum Gasteiger partial charge on any atom is 0.243 e. The summed E-state index contributed by atoms with van der Waals surface area (Å²) in [6.45, 7) is 4.87. The predicted molar refractivity (Wildman–Crippen MR) is 129 cm³/mol. The zero-order valence-electron chi connectivity index (χ0n) is 18.7. The monoisotopic (exact) mass is 465 g/mol. The molecular weight excluding hydrogens is 438 g/mol. The van der Waals surface area contributed by atoms with E-state index < -0.39 is 16.1 Å². The number of carbonyl (C=O) groups excluding carboxylic acids is 2. The van der Waals surface area contributed by atoms with Gasteiger partial charge in [-0.25, -0.2) is 8.42 Å². The average Bonchev–Trinajstić information content (AvgIpc) is 2.83. The predicted octanol–water partition coefficient (Wildman–Crippen LogP) is 3.38. The molecule has 1 N–H and O–H groups in total. The number of rotatable bonds is 6. The van der Waals surface area contributed by atoms with Crippen molar-refractivity contribution in [1.29, 1.82) is 0 Å². The van der Waals surface area contributed by atoms with E-state index >= 15 is 0 Å². The molecule has 1 heterocycles. The SMILES string of the molecule is CC(=O)c1ccc(NC(=O)C(C)N2CCN(S(=O)(=O)c3ccc4ccccc4c3)CC2)cc1. The molecule has 0 spiro atoms. The van der Waals surface area contributed by atoms with Gasteiger partial charge in [0.05, 0.1) is 10.9 Å². The summed E-state index contributed by atoms with van der Waals surface area (Å²) in [6, 6.07) is 19.2. The molecule has 33 heavy (non-hydrogen) atoms. The molecule has 0 bridgehead atoms. The van der Waals surface area contributed by atoms with Gasteiger partial charge in [0.25, 0.3) is 0 Å². The Hall–Kier alpha value is -3.07. The number of anilines is 1. The number of Topliss-reactive ketones (excluding diaryl/α,β-unsaturated/α-hetero) is 1. The van der Waals surface area contributed by atoms with Crippen molar-refractivity contribution in [3.05, 3.63) is 72.3 Å². The van der Waals surface area contributed by atoms with Crippen LogP contribution >= 0.6 is 0 Å². The first-order valence-electron chi connectivity index (χ1n) is 10.9. The highest BCUT2D eigenvalue weighted by molar-refractivity contribution is 7.89. The van der Waals surface area contributed by atoms with Gasteiger partial charge in [-0.15, -0.1) is 0 Å². The molecule has 4 rings (SSSR count).